The van der Waals surface area contributed by atoms with Crippen molar-refractivity contribution >= 4 is 63.2 Å². The Labute approximate surface area is 212 Å². The van der Waals surface area contributed by atoms with Gasteiger partial charge in [-0.15, -0.1) is 0 Å². The van der Waals surface area contributed by atoms with Crippen molar-refractivity contribution in [3.05, 3.63) is 63.8 Å². The molecule has 2 aromatic rings. The third kappa shape index (κ3) is 5.19. The molecule has 34 heavy (non-hydrogen) atoms. The molecule has 10 heteroatoms. The summed E-state index contributed by atoms with van der Waals surface area (Å²) in [6, 6.07) is 12.2. The molecule has 0 aliphatic carbocycles. The van der Waals surface area contributed by atoms with Crippen LogP contribution >= 0.6 is 35.0 Å². The highest BCUT2D eigenvalue weighted by atomic mass is 35.5. The summed E-state index contributed by atoms with van der Waals surface area (Å²) in [5.74, 6) is 0.0854. The lowest BCUT2D eigenvalue weighted by atomic mass is 10.1. The number of hydrogen-bond donors (Lipinski definition) is 2. The monoisotopic (exact) mass is 518 g/mol. The second-order valence-corrected chi connectivity index (χ2v) is 9.67. The summed E-state index contributed by atoms with van der Waals surface area (Å²) in [6.07, 6.45) is 1.87. The molecule has 178 valence electrons. The minimum Gasteiger partial charge on any atom is -0.494 e. The largest absolute Gasteiger partial charge is 0.494 e. The zero-order chi connectivity index (χ0) is 24.2. The summed E-state index contributed by atoms with van der Waals surface area (Å²) in [5.41, 5.74) is 7.78. The SMILES string of the molecule is CCOc1ccc(N=C2SC(C(=O)Nc3c(Cl)cccc3Cl)C(N)=C2C(=O)N2CCCC2)cc1. The topological polar surface area (TPSA) is 97.0 Å². The first-order valence-electron chi connectivity index (χ1n) is 10.9. The lowest BCUT2D eigenvalue weighted by Gasteiger charge is -2.16. The van der Waals surface area contributed by atoms with Gasteiger partial charge in [0.2, 0.25) is 5.91 Å². The van der Waals surface area contributed by atoms with Gasteiger partial charge in [0.05, 0.1) is 33.6 Å². The van der Waals surface area contributed by atoms with E-state index in [0.717, 1.165) is 30.4 Å². The van der Waals surface area contributed by atoms with Gasteiger partial charge in [-0.2, -0.15) is 0 Å². The Kier molecular flexibility index (Phi) is 7.70. The predicted octanol–water partition coefficient (Wildman–Crippen LogP) is 5.01. The van der Waals surface area contributed by atoms with Gasteiger partial charge in [0.1, 0.15) is 16.0 Å². The number of likely N-dealkylation sites (tertiary alicyclic amines) is 1. The normalized spacial score (nSPS) is 19.1. The number of hydrogen-bond acceptors (Lipinski definition) is 6. The Morgan fingerprint density at radius 1 is 1.15 bits per heavy atom. The van der Waals surface area contributed by atoms with E-state index in [0.29, 0.717) is 46.2 Å². The Balaban J connectivity index is 1.66. The lowest BCUT2D eigenvalue weighted by Crippen LogP contribution is -2.33. The highest BCUT2D eigenvalue weighted by Gasteiger charge is 2.40. The van der Waals surface area contributed by atoms with Crippen LogP contribution in [0.4, 0.5) is 11.4 Å². The van der Waals surface area contributed by atoms with E-state index >= 15 is 0 Å². The van der Waals surface area contributed by atoms with E-state index in [1.807, 2.05) is 6.92 Å². The predicted molar refractivity (Wildman–Crippen MR) is 138 cm³/mol. The lowest BCUT2D eigenvalue weighted by molar-refractivity contribution is -0.125. The van der Waals surface area contributed by atoms with Gasteiger partial charge in [0.25, 0.3) is 5.91 Å². The van der Waals surface area contributed by atoms with Gasteiger partial charge >= 0.3 is 0 Å². The highest BCUT2D eigenvalue weighted by molar-refractivity contribution is 8.16. The van der Waals surface area contributed by atoms with Crippen LogP contribution in [0.1, 0.15) is 19.8 Å². The molecule has 1 saturated heterocycles. The quantitative estimate of drug-likeness (QED) is 0.559. The van der Waals surface area contributed by atoms with Crippen LogP contribution < -0.4 is 15.8 Å². The van der Waals surface area contributed by atoms with E-state index in [9.17, 15) is 9.59 Å². The molecular formula is C24H24Cl2N4O3S. The number of ether oxygens (including phenoxy) is 1. The Hall–Kier alpha value is -2.68. The number of carbonyl (C=O) groups excluding carboxylic acids is 2. The van der Waals surface area contributed by atoms with Gasteiger partial charge in [0, 0.05) is 18.8 Å². The van der Waals surface area contributed by atoms with Crippen LogP contribution in [0, 0.1) is 0 Å². The number of para-hydroxylation sites is 1. The summed E-state index contributed by atoms with van der Waals surface area (Å²) in [5, 5.41) is 2.92. The Morgan fingerprint density at radius 2 is 1.79 bits per heavy atom. The van der Waals surface area contributed by atoms with Crippen LogP contribution in [0.3, 0.4) is 0 Å². The second-order valence-electron chi connectivity index (χ2n) is 7.76. The maximum absolute atomic E-state index is 13.3. The molecule has 2 aromatic carbocycles. The summed E-state index contributed by atoms with van der Waals surface area (Å²) in [7, 11) is 0. The van der Waals surface area contributed by atoms with E-state index in [-0.39, 0.29) is 17.2 Å². The molecule has 4 rings (SSSR count). The number of anilines is 1. The molecule has 2 amide bonds. The number of benzene rings is 2. The first-order valence-corrected chi connectivity index (χ1v) is 12.5. The number of nitrogens with one attached hydrogen (secondary N) is 1. The maximum Gasteiger partial charge on any atom is 0.258 e. The minimum absolute atomic E-state index is 0.173. The summed E-state index contributed by atoms with van der Waals surface area (Å²) in [6.45, 7) is 3.78. The molecule has 1 unspecified atom stereocenters. The van der Waals surface area contributed by atoms with Gasteiger partial charge in [-0.25, -0.2) is 4.99 Å². The smallest absolute Gasteiger partial charge is 0.258 e. The van der Waals surface area contributed by atoms with Crippen molar-refractivity contribution in [2.24, 2.45) is 10.7 Å². The number of halogens is 2. The van der Waals surface area contributed by atoms with E-state index in [2.05, 4.69) is 10.3 Å². The summed E-state index contributed by atoms with van der Waals surface area (Å²) < 4.78 is 5.48. The fourth-order valence-corrected chi connectivity index (χ4v) is 5.37. The van der Waals surface area contributed by atoms with Crippen molar-refractivity contribution in [2.75, 3.05) is 25.0 Å². The molecular weight excluding hydrogens is 495 g/mol. The molecule has 1 atom stereocenters. The maximum atomic E-state index is 13.3. The van der Waals surface area contributed by atoms with Crippen molar-refractivity contribution < 1.29 is 14.3 Å². The second kappa shape index (κ2) is 10.7. The number of nitrogens with two attached hydrogens (primary N) is 1. The molecule has 0 saturated carbocycles. The van der Waals surface area contributed by atoms with Crippen LogP contribution in [-0.2, 0) is 9.59 Å². The summed E-state index contributed by atoms with van der Waals surface area (Å²) >= 11 is 13.6. The van der Waals surface area contributed by atoms with Crippen molar-refractivity contribution in [3.63, 3.8) is 0 Å². The van der Waals surface area contributed by atoms with E-state index in [1.165, 1.54) is 0 Å². The molecule has 0 aromatic heterocycles. The fraction of sp³-hybridized carbons (Fsp3) is 0.292. The van der Waals surface area contributed by atoms with Gasteiger partial charge < -0.3 is 20.7 Å². The summed E-state index contributed by atoms with van der Waals surface area (Å²) in [4.78, 5) is 32.9. The standard InChI is InChI=1S/C24H24Cl2N4O3S/c1-2-33-15-10-8-14(9-11-15)28-23-18(24(32)30-12-3-4-13-30)19(27)21(34-23)22(31)29-20-16(25)6-5-7-17(20)26/h5-11,21H,2-4,12-13,27H2,1H3,(H,29,31). The third-order valence-electron chi connectivity index (χ3n) is 5.45. The van der Waals surface area contributed by atoms with Gasteiger partial charge in [0.15, 0.2) is 0 Å². The van der Waals surface area contributed by atoms with Gasteiger partial charge in [-0.1, -0.05) is 41.0 Å². The van der Waals surface area contributed by atoms with E-state index in [4.69, 9.17) is 33.7 Å². The molecule has 2 aliphatic rings. The average Bonchev–Trinajstić information content (AvgIpc) is 3.46. The van der Waals surface area contributed by atoms with Gasteiger partial charge in [-0.3, -0.25) is 9.59 Å². The average molecular weight is 519 g/mol. The van der Waals surface area contributed by atoms with E-state index in [1.54, 1.807) is 47.4 Å². The first-order chi connectivity index (χ1) is 16.4. The highest BCUT2D eigenvalue weighted by Crippen LogP contribution is 2.38. The minimum atomic E-state index is -0.852. The van der Waals surface area contributed by atoms with Crippen molar-refractivity contribution in [2.45, 2.75) is 25.0 Å². The fourth-order valence-electron chi connectivity index (χ4n) is 3.77. The molecule has 3 N–H and O–H groups in total. The number of carbonyl (C=O) groups is 2. The van der Waals surface area contributed by atoms with Crippen LogP contribution in [0.15, 0.2) is 58.7 Å². The number of aliphatic imine (C=N–C) groups is 1. The van der Waals surface area contributed by atoms with E-state index < -0.39 is 11.2 Å². The van der Waals surface area contributed by atoms with Crippen LogP contribution in [0.5, 0.6) is 5.75 Å². The van der Waals surface area contributed by atoms with Crippen LogP contribution in [0.25, 0.3) is 0 Å². The molecule has 0 radical (unpaired) electrons. The first kappa shape index (κ1) is 24.4. The molecule has 2 aliphatic heterocycles. The van der Waals surface area contributed by atoms with Crippen molar-refractivity contribution in [3.8, 4) is 5.75 Å². The van der Waals surface area contributed by atoms with Crippen molar-refractivity contribution in [1.82, 2.24) is 4.90 Å². The molecule has 0 spiro atoms. The zero-order valence-corrected chi connectivity index (χ0v) is 20.8. The number of amides is 2. The van der Waals surface area contributed by atoms with Crippen LogP contribution in [0.2, 0.25) is 10.0 Å². The Morgan fingerprint density at radius 3 is 2.41 bits per heavy atom. The van der Waals surface area contributed by atoms with Crippen LogP contribution in [-0.4, -0.2) is 46.7 Å². The zero-order valence-electron chi connectivity index (χ0n) is 18.5. The number of thioether (sulfide) groups is 1. The Bertz CT molecular complexity index is 1140. The molecule has 0 bridgehead atoms. The molecule has 7 nitrogen and oxygen atoms in total. The number of nitrogens with zero attached hydrogens (tertiary/aromatic N) is 2. The molecule has 1 fully saturated rings. The van der Waals surface area contributed by atoms with Gasteiger partial charge in [-0.05, 0) is 56.2 Å². The number of rotatable bonds is 6. The molecule has 2 heterocycles. The third-order valence-corrected chi connectivity index (χ3v) is 7.30. The van der Waals surface area contributed by atoms with Crippen molar-refractivity contribution in [1.29, 1.82) is 0 Å².